The first-order valence-electron chi connectivity index (χ1n) is 10.5. The van der Waals surface area contributed by atoms with Crippen molar-refractivity contribution in [1.29, 1.82) is 0 Å². The van der Waals surface area contributed by atoms with Gasteiger partial charge in [-0.25, -0.2) is 17.9 Å². The van der Waals surface area contributed by atoms with Crippen molar-refractivity contribution in [3.8, 4) is 0 Å². The Balaban J connectivity index is 1.60. The lowest BCUT2D eigenvalue weighted by Crippen LogP contribution is -2.67. The molecule has 3 N–H and O–H groups in total. The van der Waals surface area contributed by atoms with Gasteiger partial charge in [-0.05, 0) is 59.8 Å². The maximum atomic E-state index is 14.7. The number of carbonyl (C=O) groups is 2. The first kappa shape index (κ1) is 24.8. The number of hydrogen-bond donors (Lipinski definition) is 2. The molecule has 184 valence electrons. The standard InChI is InChI=1S/C23H21F3IN5O3/c1-12-7-19(28)32(30-12)11-23(35-13(2)33)9-31(10-23)22(34)15-4-5-16(24)20(26)21(15)29-18-6-3-14(27)8-17(18)25/h3-8,29H,9-11,28H2,1-2H3. The van der Waals surface area contributed by atoms with Gasteiger partial charge in [0.25, 0.3) is 5.91 Å². The molecule has 1 saturated heterocycles. The number of likely N-dealkylation sites (tertiary alicyclic amines) is 1. The van der Waals surface area contributed by atoms with Crippen molar-refractivity contribution >= 4 is 51.7 Å². The molecule has 12 heteroatoms. The monoisotopic (exact) mass is 599 g/mol. The first-order chi connectivity index (χ1) is 16.5. The van der Waals surface area contributed by atoms with Crippen LogP contribution in [0.25, 0.3) is 0 Å². The van der Waals surface area contributed by atoms with Crippen LogP contribution in [0.1, 0.15) is 23.0 Å². The summed E-state index contributed by atoms with van der Waals surface area (Å²) in [4.78, 5) is 26.3. The number of ether oxygens (including phenoxy) is 1. The zero-order chi connectivity index (χ0) is 25.5. The summed E-state index contributed by atoms with van der Waals surface area (Å²) >= 11 is 1.91. The predicted octanol–water partition coefficient (Wildman–Crippen LogP) is 4.00. The number of hydrogen-bond acceptors (Lipinski definition) is 6. The van der Waals surface area contributed by atoms with E-state index >= 15 is 0 Å². The predicted molar refractivity (Wildman–Crippen MR) is 131 cm³/mol. The molecule has 0 bridgehead atoms. The summed E-state index contributed by atoms with van der Waals surface area (Å²) in [5.74, 6) is -4.04. The van der Waals surface area contributed by atoms with Crippen LogP contribution in [-0.4, -0.2) is 45.2 Å². The Kier molecular flexibility index (Phi) is 6.66. The molecular formula is C23H21F3IN5O3. The molecule has 1 amide bonds. The zero-order valence-corrected chi connectivity index (χ0v) is 20.9. The number of aryl methyl sites for hydroxylation is 1. The number of carbonyl (C=O) groups excluding carboxylic acids is 2. The Labute approximate surface area is 212 Å². The highest BCUT2D eigenvalue weighted by atomic mass is 127. The molecular weight excluding hydrogens is 578 g/mol. The van der Waals surface area contributed by atoms with Gasteiger partial charge in [0.05, 0.1) is 42.3 Å². The minimum absolute atomic E-state index is 0.0277. The fraction of sp³-hybridized carbons (Fsp3) is 0.261. The summed E-state index contributed by atoms with van der Waals surface area (Å²) in [6.45, 7) is 3.06. The first-order valence-corrected chi connectivity index (χ1v) is 11.5. The van der Waals surface area contributed by atoms with Crippen molar-refractivity contribution in [2.24, 2.45) is 0 Å². The molecule has 1 aliphatic heterocycles. The minimum Gasteiger partial charge on any atom is -0.453 e. The van der Waals surface area contributed by atoms with E-state index in [0.29, 0.717) is 15.1 Å². The highest BCUT2D eigenvalue weighted by Crippen LogP contribution is 2.34. The SMILES string of the molecule is CC(=O)OC1(Cn2nc(C)cc2N)CN(C(=O)c2ccc(F)c(F)c2Nc2ccc(I)cc2F)C1. The van der Waals surface area contributed by atoms with Crippen molar-refractivity contribution < 1.29 is 27.5 Å². The number of nitrogens with two attached hydrogens (primary N) is 1. The third-order valence-corrected chi connectivity index (χ3v) is 6.16. The van der Waals surface area contributed by atoms with Gasteiger partial charge in [0.2, 0.25) is 0 Å². The number of rotatable bonds is 6. The minimum atomic E-state index is -1.32. The van der Waals surface area contributed by atoms with Crippen molar-refractivity contribution in [2.45, 2.75) is 26.0 Å². The van der Waals surface area contributed by atoms with Crippen molar-refractivity contribution in [1.82, 2.24) is 14.7 Å². The van der Waals surface area contributed by atoms with Gasteiger partial charge in [-0.1, -0.05) is 0 Å². The lowest BCUT2D eigenvalue weighted by molar-refractivity contribution is -0.176. The Morgan fingerprint density at radius 2 is 1.89 bits per heavy atom. The Morgan fingerprint density at radius 1 is 1.17 bits per heavy atom. The second kappa shape index (κ2) is 9.40. The summed E-state index contributed by atoms with van der Waals surface area (Å²) in [7, 11) is 0. The molecule has 1 aliphatic rings. The van der Waals surface area contributed by atoms with Gasteiger partial charge in [-0.2, -0.15) is 5.10 Å². The number of nitrogens with zero attached hydrogens (tertiary/aromatic N) is 3. The van der Waals surface area contributed by atoms with Crippen LogP contribution in [0.5, 0.6) is 0 Å². The van der Waals surface area contributed by atoms with Crippen LogP contribution in [0.3, 0.4) is 0 Å². The third-order valence-electron chi connectivity index (χ3n) is 5.49. The van der Waals surface area contributed by atoms with Gasteiger partial charge >= 0.3 is 5.97 Å². The average molecular weight is 599 g/mol. The number of anilines is 3. The van der Waals surface area contributed by atoms with Crippen LogP contribution in [-0.2, 0) is 16.1 Å². The van der Waals surface area contributed by atoms with E-state index in [2.05, 4.69) is 10.4 Å². The Bertz CT molecular complexity index is 1320. The summed E-state index contributed by atoms with van der Waals surface area (Å²) in [5, 5.41) is 6.78. The van der Waals surface area contributed by atoms with E-state index in [4.69, 9.17) is 10.5 Å². The van der Waals surface area contributed by atoms with Crippen LogP contribution < -0.4 is 11.1 Å². The highest BCUT2D eigenvalue weighted by molar-refractivity contribution is 14.1. The van der Waals surface area contributed by atoms with Gasteiger partial charge in [0, 0.05) is 16.6 Å². The van der Waals surface area contributed by atoms with E-state index in [0.717, 1.165) is 12.1 Å². The smallest absolute Gasteiger partial charge is 0.303 e. The van der Waals surface area contributed by atoms with Gasteiger partial charge in [-0.3, -0.25) is 9.59 Å². The zero-order valence-electron chi connectivity index (χ0n) is 18.7. The second-order valence-corrected chi connectivity index (χ2v) is 9.58. The Hall–Kier alpha value is -3.29. The number of nitrogens with one attached hydrogen (secondary N) is 1. The number of amides is 1. The summed E-state index contributed by atoms with van der Waals surface area (Å²) < 4.78 is 50.7. The summed E-state index contributed by atoms with van der Waals surface area (Å²) in [6, 6.07) is 7.76. The lowest BCUT2D eigenvalue weighted by Gasteiger charge is -2.48. The average Bonchev–Trinajstić information content (AvgIpc) is 3.06. The van der Waals surface area contributed by atoms with Crippen LogP contribution in [0.2, 0.25) is 0 Å². The number of esters is 1. The van der Waals surface area contributed by atoms with Crippen LogP contribution in [0.4, 0.5) is 30.4 Å². The van der Waals surface area contributed by atoms with Crippen molar-refractivity contribution in [3.63, 3.8) is 0 Å². The molecule has 0 unspecified atom stereocenters. The van der Waals surface area contributed by atoms with Crippen molar-refractivity contribution in [2.75, 3.05) is 24.1 Å². The molecule has 0 atom stereocenters. The third kappa shape index (κ3) is 5.06. The lowest BCUT2D eigenvalue weighted by atomic mass is 9.92. The highest BCUT2D eigenvalue weighted by Gasteiger charge is 2.49. The molecule has 1 fully saturated rings. The maximum Gasteiger partial charge on any atom is 0.303 e. The molecule has 3 aromatic rings. The topological polar surface area (TPSA) is 102 Å². The molecule has 0 saturated carbocycles. The largest absolute Gasteiger partial charge is 0.453 e. The quantitative estimate of drug-likeness (QED) is 0.328. The Morgan fingerprint density at radius 3 is 2.49 bits per heavy atom. The fourth-order valence-electron chi connectivity index (χ4n) is 4.01. The van der Waals surface area contributed by atoms with E-state index in [1.54, 1.807) is 19.1 Å². The second-order valence-electron chi connectivity index (χ2n) is 8.34. The molecule has 0 aliphatic carbocycles. The maximum absolute atomic E-state index is 14.7. The van der Waals surface area contributed by atoms with Gasteiger partial charge < -0.3 is 20.7 Å². The van der Waals surface area contributed by atoms with E-state index in [9.17, 15) is 22.8 Å². The van der Waals surface area contributed by atoms with Crippen LogP contribution >= 0.6 is 22.6 Å². The van der Waals surface area contributed by atoms with Gasteiger partial charge in [0.1, 0.15) is 11.6 Å². The normalized spacial score (nSPS) is 14.4. The molecule has 0 spiro atoms. The van der Waals surface area contributed by atoms with Crippen molar-refractivity contribution in [3.05, 3.63) is 68.7 Å². The number of benzene rings is 2. The molecule has 1 aromatic heterocycles. The molecule has 8 nitrogen and oxygen atoms in total. The molecule has 2 aromatic carbocycles. The molecule has 35 heavy (non-hydrogen) atoms. The van der Waals surface area contributed by atoms with Gasteiger partial charge in [0.15, 0.2) is 17.2 Å². The number of nitrogen functional groups attached to an aromatic ring is 1. The summed E-state index contributed by atoms with van der Waals surface area (Å²) in [6.07, 6.45) is 0. The van der Waals surface area contributed by atoms with E-state index in [1.165, 1.54) is 28.6 Å². The molecule has 4 rings (SSSR count). The molecule has 2 heterocycles. The number of aromatic nitrogens is 2. The molecule has 0 radical (unpaired) electrons. The number of halogens is 4. The van der Waals surface area contributed by atoms with Crippen LogP contribution in [0, 0.1) is 27.9 Å². The van der Waals surface area contributed by atoms with Gasteiger partial charge in [-0.15, -0.1) is 0 Å². The fourth-order valence-corrected chi connectivity index (χ4v) is 4.46. The van der Waals surface area contributed by atoms with E-state index in [1.807, 2.05) is 22.6 Å². The van der Waals surface area contributed by atoms with Crippen LogP contribution in [0.15, 0.2) is 36.4 Å². The van der Waals surface area contributed by atoms with E-state index < -0.39 is 40.6 Å². The summed E-state index contributed by atoms with van der Waals surface area (Å²) in [5.41, 5.74) is 4.72. The van der Waals surface area contributed by atoms with E-state index in [-0.39, 0.29) is 30.9 Å².